The Labute approximate surface area is 124 Å². The quantitative estimate of drug-likeness (QED) is 0.825. The van der Waals surface area contributed by atoms with Crippen molar-refractivity contribution in [3.05, 3.63) is 57.8 Å². The third kappa shape index (κ3) is 2.27. The van der Waals surface area contributed by atoms with Gasteiger partial charge in [0.1, 0.15) is 0 Å². The molecule has 2 nitrogen and oxygen atoms in total. The van der Waals surface area contributed by atoms with E-state index in [9.17, 15) is 4.79 Å². The Balaban J connectivity index is 1.83. The zero-order chi connectivity index (χ0) is 14.2. The third-order valence-corrected chi connectivity index (χ3v) is 5.15. The van der Waals surface area contributed by atoms with Crippen molar-refractivity contribution in [2.75, 3.05) is 6.54 Å². The lowest BCUT2D eigenvalue weighted by atomic mass is 9.83. The summed E-state index contributed by atoms with van der Waals surface area (Å²) in [6, 6.07) is 12.2. The number of thiophene rings is 1. The summed E-state index contributed by atoms with van der Waals surface area (Å²) in [5.41, 5.74) is 1.94. The molecule has 0 radical (unpaired) electrons. The molecule has 0 N–H and O–H groups in total. The van der Waals surface area contributed by atoms with Gasteiger partial charge in [-0.15, -0.1) is 11.3 Å². The van der Waals surface area contributed by atoms with Gasteiger partial charge < -0.3 is 4.90 Å². The average Bonchev–Trinajstić information content (AvgIpc) is 2.94. The molecule has 104 valence electrons. The van der Waals surface area contributed by atoms with Gasteiger partial charge in [-0.25, -0.2) is 0 Å². The molecular weight excluding hydrogens is 266 g/mol. The summed E-state index contributed by atoms with van der Waals surface area (Å²) in [5, 5.41) is 2.13. The highest BCUT2D eigenvalue weighted by Crippen LogP contribution is 2.30. The number of hydrogen-bond acceptors (Lipinski definition) is 2. The summed E-state index contributed by atoms with van der Waals surface area (Å²) in [7, 11) is 0. The number of fused-ring (bicyclic) bond motifs is 1. The smallest absolute Gasteiger partial charge is 0.232 e. The molecule has 0 saturated heterocycles. The Hall–Kier alpha value is -1.61. The minimum Gasteiger partial charge on any atom is -0.337 e. The molecule has 1 aliphatic rings. The van der Waals surface area contributed by atoms with Gasteiger partial charge in [-0.05, 0) is 42.8 Å². The van der Waals surface area contributed by atoms with E-state index >= 15 is 0 Å². The van der Waals surface area contributed by atoms with Gasteiger partial charge in [-0.2, -0.15) is 0 Å². The van der Waals surface area contributed by atoms with Crippen molar-refractivity contribution in [3.8, 4) is 0 Å². The molecule has 2 heterocycles. The van der Waals surface area contributed by atoms with Crippen molar-refractivity contribution in [1.82, 2.24) is 4.90 Å². The number of rotatable bonds is 2. The van der Waals surface area contributed by atoms with Crippen molar-refractivity contribution < 1.29 is 4.79 Å². The Bertz CT molecular complexity index is 615. The van der Waals surface area contributed by atoms with Gasteiger partial charge in [0.2, 0.25) is 5.91 Å². The lowest BCUT2D eigenvalue weighted by Gasteiger charge is -2.34. The van der Waals surface area contributed by atoms with Crippen LogP contribution >= 0.6 is 11.3 Å². The molecule has 0 saturated carbocycles. The fourth-order valence-corrected chi connectivity index (χ4v) is 3.69. The molecule has 1 amide bonds. The number of hydrogen-bond donors (Lipinski definition) is 0. The number of amides is 1. The van der Waals surface area contributed by atoms with Crippen molar-refractivity contribution >= 4 is 17.2 Å². The molecule has 0 unspecified atom stereocenters. The van der Waals surface area contributed by atoms with Crippen LogP contribution in [-0.4, -0.2) is 17.4 Å². The second-order valence-electron chi connectivity index (χ2n) is 5.84. The first kappa shape index (κ1) is 13.4. The molecule has 0 spiro atoms. The van der Waals surface area contributed by atoms with E-state index in [1.807, 2.05) is 49.1 Å². The first-order valence-electron chi connectivity index (χ1n) is 6.99. The van der Waals surface area contributed by atoms with Gasteiger partial charge in [0.15, 0.2) is 0 Å². The zero-order valence-electron chi connectivity index (χ0n) is 11.9. The normalized spacial score (nSPS) is 15.0. The maximum absolute atomic E-state index is 12.9. The van der Waals surface area contributed by atoms with Crippen molar-refractivity contribution in [1.29, 1.82) is 0 Å². The first-order chi connectivity index (χ1) is 9.59. The molecule has 3 heteroatoms. The van der Waals surface area contributed by atoms with Gasteiger partial charge in [0.05, 0.1) is 5.41 Å². The first-order valence-corrected chi connectivity index (χ1v) is 7.87. The largest absolute Gasteiger partial charge is 0.337 e. The minimum absolute atomic E-state index is 0.223. The van der Waals surface area contributed by atoms with Crippen molar-refractivity contribution in [3.63, 3.8) is 0 Å². The number of nitrogens with zero attached hydrogens (tertiary/aromatic N) is 1. The number of carbonyl (C=O) groups is 1. The maximum atomic E-state index is 12.9. The SMILES string of the molecule is CC(C)(C(=O)N1CCc2sccc2C1)c1ccccc1. The van der Waals surface area contributed by atoms with E-state index in [1.165, 1.54) is 10.4 Å². The standard InChI is InChI=1S/C17H19NOS/c1-17(2,14-6-4-3-5-7-14)16(19)18-10-8-15-13(12-18)9-11-20-15/h3-7,9,11H,8,10,12H2,1-2H3. The molecule has 1 aromatic carbocycles. The highest BCUT2D eigenvalue weighted by molar-refractivity contribution is 7.10. The van der Waals surface area contributed by atoms with Gasteiger partial charge >= 0.3 is 0 Å². The second-order valence-corrected chi connectivity index (χ2v) is 6.84. The van der Waals surface area contributed by atoms with Gasteiger partial charge in [0.25, 0.3) is 0 Å². The Morgan fingerprint density at radius 3 is 2.70 bits per heavy atom. The van der Waals surface area contributed by atoms with Gasteiger partial charge in [-0.3, -0.25) is 4.79 Å². The summed E-state index contributed by atoms with van der Waals surface area (Å²) >= 11 is 1.81. The summed E-state index contributed by atoms with van der Waals surface area (Å²) in [6.45, 7) is 5.64. The molecule has 1 aromatic heterocycles. The van der Waals surface area contributed by atoms with Crippen LogP contribution in [0.15, 0.2) is 41.8 Å². The number of carbonyl (C=O) groups excluding carboxylic acids is 1. The molecular formula is C17H19NOS. The van der Waals surface area contributed by atoms with E-state index in [2.05, 4.69) is 11.4 Å². The van der Waals surface area contributed by atoms with Crippen LogP contribution in [0.2, 0.25) is 0 Å². The van der Waals surface area contributed by atoms with E-state index in [-0.39, 0.29) is 5.91 Å². The Kier molecular flexibility index (Phi) is 3.38. The Morgan fingerprint density at radius 2 is 1.95 bits per heavy atom. The van der Waals surface area contributed by atoms with E-state index in [4.69, 9.17) is 0 Å². The van der Waals surface area contributed by atoms with Crippen molar-refractivity contribution in [2.45, 2.75) is 32.2 Å². The van der Waals surface area contributed by atoms with Gasteiger partial charge in [-0.1, -0.05) is 30.3 Å². The van der Waals surface area contributed by atoms with Crippen LogP contribution in [0.25, 0.3) is 0 Å². The highest BCUT2D eigenvalue weighted by Gasteiger charge is 2.35. The molecule has 3 rings (SSSR count). The lowest BCUT2D eigenvalue weighted by molar-refractivity contribution is -0.137. The second kappa shape index (κ2) is 5.06. The van der Waals surface area contributed by atoms with Crippen LogP contribution in [0.5, 0.6) is 0 Å². The predicted molar refractivity (Wildman–Crippen MR) is 82.9 cm³/mol. The molecule has 0 fully saturated rings. The summed E-state index contributed by atoms with van der Waals surface area (Å²) in [5.74, 6) is 0.223. The van der Waals surface area contributed by atoms with Crippen LogP contribution in [0.1, 0.15) is 29.9 Å². The molecule has 1 aliphatic heterocycles. The van der Waals surface area contributed by atoms with Gasteiger partial charge in [0, 0.05) is 18.0 Å². The lowest BCUT2D eigenvalue weighted by Crippen LogP contribution is -2.45. The fraction of sp³-hybridized carbons (Fsp3) is 0.353. The highest BCUT2D eigenvalue weighted by atomic mass is 32.1. The third-order valence-electron chi connectivity index (χ3n) is 4.13. The minimum atomic E-state index is -0.464. The monoisotopic (exact) mass is 285 g/mol. The average molecular weight is 285 g/mol. The molecule has 0 atom stereocenters. The zero-order valence-corrected chi connectivity index (χ0v) is 12.7. The van der Waals surface area contributed by atoms with Crippen LogP contribution < -0.4 is 0 Å². The molecule has 0 bridgehead atoms. The van der Waals surface area contributed by atoms with Crippen molar-refractivity contribution in [2.24, 2.45) is 0 Å². The Morgan fingerprint density at radius 1 is 1.20 bits per heavy atom. The van der Waals surface area contributed by atoms with E-state index in [1.54, 1.807) is 11.3 Å². The predicted octanol–water partition coefficient (Wildman–Crippen LogP) is 3.61. The van der Waals surface area contributed by atoms with Crippen LogP contribution in [0.3, 0.4) is 0 Å². The summed E-state index contributed by atoms with van der Waals surface area (Å²) in [4.78, 5) is 16.3. The van der Waals surface area contributed by atoms with E-state index < -0.39 is 5.41 Å². The topological polar surface area (TPSA) is 20.3 Å². The summed E-state index contributed by atoms with van der Waals surface area (Å²) < 4.78 is 0. The maximum Gasteiger partial charge on any atom is 0.232 e. The van der Waals surface area contributed by atoms with Crippen LogP contribution in [0, 0.1) is 0 Å². The summed E-state index contributed by atoms with van der Waals surface area (Å²) in [6.07, 6.45) is 0.990. The van der Waals surface area contributed by atoms with Crippen LogP contribution in [0.4, 0.5) is 0 Å². The van der Waals surface area contributed by atoms with Crippen LogP contribution in [-0.2, 0) is 23.2 Å². The molecule has 20 heavy (non-hydrogen) atoms. The van der Waals surface area contributed by atoms with E-state index in [0.717, 1.165) is 25.1 Å². The van der Waals surface area contributed by atoms with E-state index in [0.29, 0.717) is 0 Å². The molecule has 2 aromatic rings. The number of benzene rings is 1. The molecule has 0 aliphatic carbocycles. The fourth-order valence-electron chi connectivity index (χ4n) is 2.80.